The second kappa shape index (κ2) is 8.67. The average Bonchev–Trinajstić information content (AvgIpc) is 3.17. The van der Waals surface area contributed by atoms with Crippen molar-refractivity contribution >= 4 is 46.9 Å². The quantitative estimate of drug-likeness (QED) is 0.377. The van der Waals surface area contributed by atoms with Crippen molar-refractivity contribution in [2.45, 2.75) is 58.1 Å². The Morgan fingerprint density at radius 3 is 2.80 bits per heavy atom. The number of cyclic esters (lactones) is 1. The standard InChI is InChI=1S/C24H26BClN2O7/c1-4-13-14-8-12(35-25(3)32)6-7-18(14)27-20-15(13)10-28-19(20)9-17-16(21(28)29)11-33-22(30)24(17,5-2)34-23(26)31/h6-8,16-17,19,32H,4-5,9-11H2,1-3H3. The van der Waals surface area contributed by atoms with Gasteiger partial charge >= 0.3 is 18.5 Å². The molecule has 4 unspecified atom stereocenters. The molecule has 0 bridgehead atoms. The number of carbonyl (C=O) groups is 3. The maximum absolute atomic E-state index is 13.7. The van der Waals surface area contributed by atoms with Gasteiger partial charge in [0.2, 0.25) is 11.5 Å². The Morgan fingerprint density at radius 2 is 2.14 bits per heavy atom. The van der Waals surface area contributed by atoms with E-state index in [1.165, 1.54) is 0 Å². The molecule has 4 atom stereocenters. The fourth-order valence-electron chi connectivity index (χ4n) is 6.06. The highest BCUT2D eigenvalue weighted by atomic mass is 35.5. The van der Waals surface area contributed by atoms with Gasteiger partial charge in [-0.1, -0.05) is 13.8 Å². The van der Waals surface area contributed by atoms with Gasteiger partial charge in [0.1, 0.15) is 12.4 Å². The Labute approximate surface area is 207 Å². The largest absolute Gasteiger partial charge is 0.536 e. The van der Waals surface area contributed by atoms with Crippen molar-refractivity contribution in [1.29, 1.82) is 0 Å². The monoisotopic (exact) mass is 500 g/mol. The Balaban J connectivity index is 1.60. The summed E-state index contributed by atoms with van der Waals surface area (Å²) in [6.07, 6.45) is 1.27. The van der Waals surface area contributed by atoms with Crippen molar-refractivity contribution in [3.8, 4) is 5.75 Å². The van der Waals surface area contributed by atoms with Crippen molar-refractivity contribution in [1.82, 2.24) is 9.88 Å². The lowest BCUT2D eigenvalue weighted by atomic mass is 9.68. The third-order valence-corrected chi connectivity index (χ3v) is 7.65. The number of aromatic nitrogens is 1. The zero-order chi connectivity index (χ0) is 25.1. The van der Waals surface area contributed by atoms with E-state index in [1.807, 2.05) is 19.1 Å². The zero-order valence-electron chi connectivity index (χ0n) is 19.7. The van der Waals surface area contributed by atoms with E-state index in [9.17, 15) is 19.4 Å². The molecule has 35 heavy (non-hydrogen) atoms. The van der Waals surface area contributed by atoms with Crippen LogP contribution in [0.15, 0.2) is 18.2 Å². The van der Waals surface area contributed by atoms with Gasteiger partial charge in [-0.2, -0.15) is 0 Å². The molecule has 2 fully saturated rings. The van der Waals surface area contributed by atoms with Crippen LogP contribution >= 0.6 is 11.6 Å². The molecule has 5 rings (SSSR count). The molecule has 1 N–H and O–H groups in total. The summed E-state index contributed by atoms with van der Waals surface area (Å²) in [5.41, 5.74) is 0.892. The number of pyridine rings is 1. The van der Waals surface area contributed by atoms with Crippen molar-refractivity contribution in [2.75, 3.05) is 6.61 Å². The molecule has 11 heteroatoms. The van der Waals surface area contributed by atoms with Crippen molar-refractivity contribution in [3.05, 3.63) is 35.0 Å². The number of amides is 1. The van der Waals surface area contributed by atoms with Gasteiger partial charge in [0.15, 0.2) is 0 Å². The molecule has 1 aromatic heterocycles. The number of rotatable bonds is 5. The first-order valence-corrected chi connectivity index (χ1v) is 12.2. The average molecular weight is 501 g/mol. The summed E-state index contributed by atoms with van der Waals surface area (Å²) in [5.74, 6) is -1.47. The maximum atomic E-state index is 13.7. The maximum Gasteiger partial charge on any atom is 0.519 e. The summed E-state index contributed by atoms with van der Waals surface area (Å²) in [7, 11) is -0.944. The molecule has 0 radical (unpaired) electrons. The Hall–Kier alpha value is -2.85. The minimum Gasteiger partial charge on any atom is -0.536 e. The summed E-state index contributed by atoms with van der Waals surface area (Å²) in [6, 6.07) is 5.10. The molecule has 4 heterocycles. The van der Waals surface area contributed by atoms with Crippen molar-refractivity contribution < 1.29 is 33.5 Å². The molecule has 184 valence electrons. The lowest BCUT2D eigenvalue weighted by Gasteiger charge is -2.49. The van der Waals surface area contributed by atoms with Gasteiger partial charge in [-0.15, -0.1) is 0 Å². The Bertz CT molecular complexity index is 1240. The van der Waals surface area contributed by atoms with Crippen LogP contribution in [0.1, 0.15) is 49.6 Å². The van der Waals surface area contributed by atoms with Crippen LogP contribution in [0.25, 0.3) is 10.9 Å². The molecular weight excluding hydrogens is 475 g/mol. The number of nitrogens with zero attached hydrogens (tertiary/aromatic N) is 2. The Kier molecular flexibility index (Phi) is 5.92. The molecule has 2 aromatic rings. The van der Waals surface area contributed by atoms with E-state index in [4.69, 9.17) is 30.7 Å². The molecule has 1 amide bonds. The van der Waals surface area contributed by atoms with Gasteiger partial charge in [0.05, 0.1) is 23.2 Å². The number of esters is 1. The predicted octanol–water partition coefficient (Wildman–Crippen LogP) is 3.39. The topological polar surface area (TPSA) is 115 Å². The van der Waals surface area contributed by atoms with Gasteiger partial charge in [0.25, 0.3) is 0 Å². The summed E-state index contributed by atoms with van der Waals surface area (Å²) in [6.45, 7) is 5.65. The van der Waals surface area contributed by atoms with Crippen molar-refractivity contribution in [2.24, 2.45) is 11.8 Å². The van der Waals surface area contributed by atoms with Crippen LogP contribution in [0, 0.1) is 11.8 Å². The highest BCUT2D eigenvalue weighted by Gasteiger charge is 2.62. The highest BCUT2D eigenvalue weighted by molar-refractivity contribution is 6.61. The van der Waals surface area contributed by atoms with Gasteiger partial charge in [0, 0.05) is 29.4 Å². The third kappa shape index (κ3) is 3.65. The van der Waals surface area contributed by atoms with E-state index in [1.54, 1.807) is 24.7 Å². The number of hydrogen-bond donors (Lipinski definition) is 1. The van der Waals surface area contributed by atoms with Crippen LogP contribution in [-0.4, -0.2) is 51.5 Å². The van der Waals surface area contributed by atoms with Crippen LogP contribution in [0.4, 0.5) is 4.79 Å². The summed E-state index contributed by atoms with van der Waals surface area (Å²) >= 11 is 5.55. The van der Waals surface area contributed by atoms with Crippen LogP contribution in [0.2, 0.25) is 6.82 Å². The second-order valence-corrected chi connectivity index (χ2v) is 9.62. The first-order valence-electron chi connectivity index (χ1n) is 11.9. The lowest BCUT2D eigenvalue weighted by Crippen LogP contribution is -2.62. The van der Waals surface area contributed by atoms with E-state index >= 15 is 0 Å². The highest BCUT2D eigenvalue weighted by Crippen LogP contribution is 2.52. The van der Waals surface area contributed by atoms with Gasteiger partial charge < -0.3 is 24.1 Å². The predicted molar refractivity (Wildman–Crippen MR) is 127 cm³/mol. The van der Waals surface area contributed by atoms with Crippen LogP contribution < -0.4 is 4.65 Å². The number of piperidine rings is 1. The normalized spacial score (nSPS) is 27.1. The van der Waals surface area contributed by atoms with Crippen molar-refractivity contribution in [3.63, 3.8) is 0 Å². The lowest BCUT2D eigenvalue weighted by molar-refractivity contribution is -0.201. The number of fused-ring (bicyclic) bond motifs is 5. The molecule has 2 saturated heterocycles. The molecule has 0 spiro atoms. The molecule has 9 nitrogen and oxygen atoms in total. The number of hydrogen-bond acceptors (Lipinski definition) is 8. The Morgan fingerprint density at radius 1 is 1.37 bits per heavy atom. The van der Waals surface area contributed by atoms with Crippen LogP contribution in [0.3, 0.4) is 0 Å². The van der Waals surface area contributed by atoms with E-state index in [0.29, 0.717) is 25.1 Å². The molecule has 0 aliphatic carbocycles. The number of benzene rings is 1. The minimum atomic E-state index is -1.61. The van der Waals surface area contributed by atoms with Crippen LogP contribution in [0.5, 0.6) is 5.75 Å². The number of ether oxygens (including phenoxy) is 2. The molecule has 1 aromatic carbocycles. The van der Waals surface area contributed by atoms with Crippen LogP contribution in [-0.2, 0) is 32.0 Å². The second-order valence-electron chi connectivity index (χ2n) is 9.32. The zero-order valence-corrected chi connectivity index (χ0v) is 20.5. The smallest absolute Gasteiger partial charge is 0.519 e. The summed E-state index contributed by atoms with van der Waals surface area (Å²) in [4.78, 5) is 45.0. The number of carbonyl (C=O) groups excluding carboxylic acids is 3. The fraction of sp³-hybridized carbons (Fsp3) is 0.500. The number of aryl methyl sites for hydroxylation is 1. The third-order valence-electron chi connectivity index (χ3n) is 7.58. The van der Waals surface area contributed by atoms with E-state index in [-0.39, 0.29) is 25.0 Å². The molecule has 3 aliphatic heterocycles. The van der Waals surface area contributed by atoms with Gasteiger partial charge in [-0.05, 0) is 55.4 Å². The minimum absolute atomic E-state index is 0.0560. The molecule has 0 saturated carbocycles. The first-order chi connectivity index (χ1) is 16.7. The fourth-order valence-corrected chi connectivity index (χ4v) is 6.20. The van der Waals surface area contributed by atoms with E-state index in [0.717, 1.165) is 27.7 Å². The van der Waals surface area contributed by atoms with E-state index in [2.05, 4.69) is 0 Å². The first kappa shape index (κ1) is 23.9. The van der Waals surface area contributed by atoms with Gasteiger partial charge in [-0.25, -0.2) is 9.59 Å². The van der Waals surface area contributed by atoms with E-state index < -0.39 is 36.0 Å². The molecular formula is C24H26BClN2O7. The SMILES string of the molecule is CCc1c2c(nc3ccc(OB(C)O)cc13)C1CC3C(COC(=O)C3(CC)OC(=O)Cl)C(=O)N1C2. The number of halogens is 1. The van der Waals surface area contributed by atoms with Gasteiger partial charge in [-0.3, -0.25) is 9.78 Å². The molecule has 3 aliphatic rings. The summed E-state index contributed by atoms with van der Waals surface area (Å²) < 4.78 is 16.2. The summed E-state index contributed by atoms with van der Waals surface area (Å²) in [5, 5.41) is 10.5.